The van der Waals surface area contributed by atoms with E-state index in [1.807, 2.05) is 0 Å². The first-order valence-electron chi connectivity index (χ1n) is 8.96. The fraction of sp³-hybridized carbons (Fsp3) is 0.350. The van der Waals surface area contributed by atoms with E-state index in [1.165, 1.54) is 37.8 Å². The third kappa shape index (κ3) is 3.95. The lowest BCUT2D eigenvalue weighted by molar-refractivity contribution is -0.137. The molecule has 1 aliphatic heterocycles. The van der Waals surface area contributed by atoms with Gasteiger partial charge in [0.05, 0.1) is 31.9 Å². The quantitative estimate of drug-likeness (QED) is 0.699. The lowest BCUT2D eigenvalue weighted by atomic mass is 9.96. The smallest absolute Gasteiger partial charge is 0.303 e. The Morgan fingerprint density at radius 1 is 1.07 bits per heavy atom. The zero-order valence-electron chi connectivity index (χ0n) is 16.4. The number of rotatable bonds is 8. The Labute approximate surface area is 169 Å². The molecule has 0 aromatic heterocycles. The molecule has 29 heavy (non-hydrogen) atoms. The summed E-state index contributed by atoms with van der Waals surface area (Å²) >= 11 is 0. The van der Waals surface area contributed by atoms with Crippen LogP contribution in [0.1, 0.15) is 24.3 Å². The van der Waals surface area contributed by atoms with Crippen molar-refractivity contribution in [1.82, 2.24) is 0 Å². The number of hydrogen-bond acceptors (Lipinski definition) is 6. The van der Waals surface area contributed by atoms with E-state index in [0.717, 1.165) is 5.56 Å². The highest BCUT2D eigenvalue weighted by molar-refractivity contribution is 7.92. The van der Waals surface area contributed by atoms with Crippen molar-refractivity contribution in [3.8, 4) is 17.2 Å². The Bertz CT molecular complexity index is 1000. The average Bonchev–Trinajstić information content (AvgIpc) is 3.09. The molecule has 0 aliphatic carbocycles. The van der Waals surface area contributed by atoms with Crippen LogP contribution in [0.5, 0.6) is 17.2 Å². The number of ether oxygens (including phenoxy) is 3. The van der Waals surface area contributed by atoms with Crippen LogP contribution in [0.3, 0.4) is 0 Å². The van der Waals surface area contributed by atoms with Crippen molar-refractivity contribution in [1.29, 1.82) is 0 Å². The topological polar surface area (TPSA) is 102 Å². The van der Waals surface area contributed by atoms with E-state index in [-0.39, 0.29) is 23.8 Å². The van der Waals surface area contributed by atoms with Gasteiger partial charge >= 0.3 is 5.97 Å². The van der Waals surface area contributed by atoms with E-state index < -0.39 is 16.0 Å². The Morgan fingerprint density at radius 2 is 1.69 bits per heavy atom. The van der Waals surface area contributed by atoms with Crippen molar-refractivity contribution in [2.45, 2.75) is 23.7 Å². The molecule has 0 fully saturated rings. The van der Waals surface area contributed by atoms with Gasteiger partial charge < -0.3 is 19.3 Å². The van der Waals surface area contributed by atoms with Crippen LogP contribution < -0.4 is 18.5 Å². The van der Waals surface area contributed by atoms with Crippen LogP contribution >= 0.6 is 0 Å². The van der Waals surface area contributed by atoms with Gasteiger partial charge in [0.15, 0.2) is 11.5 Å². The van der Waals surface area contributed by atoms with Gasteiger partial charge in [-0.05, 0) is 42.3 Å². The molecule has 1 unspecified atom stereocenters. The fourth-order valence-electron chi connectivity index (χ4n) is 3.47. The maximum atomic E-state index is 13.3. The number of methoxy groups -OCH3 is 3. The summed E-state index contributed by atoms with van der Waals surface area (Å²) in [6, 6.07) is 9.49. The van der Waals surface area contributed by atoms with Gasteiger partial charge in [-0.25, -0.2) is 8.42 Å². The lowest BCUT2D eigenvalue weighted by Gasteiger charge is -2.21. The fourth-order valence-corrected chi connectivity index (χ4v) is 5.00. The number of fused-ring (bicyclic) bond motifs is 1. The Kier molecular flexibility index (Phi) is 5.88. The highest BCUT2D eigenvalue weighted by atomic mass is 32.2. The van der Waals surface area contributed by atoms with E-state index in [9.17, 15) is 13.2 Å². The van der Waals surface area contributed by atoms with Crippen LogP contribution in [0.4, 0.5) is 5.69 Å². The van der Waals surface area contributed by atoms with Gasteiger partial charge in [-0.2, -0.15) is 0 Å². The number of sulfonamides is 1. The summed E-state index contributed by atoms with van der Waals surface area (Å²) < 4.78 is 43.7. The van der Waals surface area contributed by atoms with Crippen molar-refractivity contribution < 1.29 is 32.5 Å². The van der Waals surface area contributed by atoms with E-state index in [2.05, 4.69) is 0 Å². The maximum absolute atomic E-state index is 13.3. The van der Waals surface area contributed by atoms with E-state index in [1.54, 1.807) is 24.3 Å². The van der Waals surface area contributed by atoms with Crippen LogP contribution in [0, 0.1) is 0 Å². The van der Waals surface area contributed by atoms with Crippen molar-refractivity contribution in [3.05, 3.63) is 42.0 Å². The molecule has 2 aromatic rings. The summed E-state index contributed by atoms with van der Waals surface area (Å²) in [7, 11) is 0.621. The first kappa shape index (κ1) is 20.8. The summed E-state index contributed by atoms with van der Waals surface area (Å²) in [5.41, 5.74) is 1.19. The van der Waals surface area contributed by atoms with Crippen LogP contribution in [0.2, 0.25) is 0 Å². The van der Waals surface area contributed by atoms with Crippen LogP contribution in [0.15, 0.2) is 41.3 Å². The van der Waals surface area contributed by atoms with E-state index >= 15 is 0 Å². The van der Waals surface area contributed by atoms with E-state index in [0.29, 0.717) is 29.4 Å². The molecule has 1 N–H and O–H groups in total. The molecule has 9 heteroatoms. The van der Waals surface area contributed by atoms with Gasteiger partial charge in [-0.15, -0.1) is 0 Å². The standard InChI is InChI=1S/C20H23NO7S/c1-26-14-5-7-15(8-6-14)29(24,25)21-12-13(4-9-20(22)23)16-10-18(27-2)19(28-3)11-17(16)21/h5-8,10-11,13H,4,9,12H2,1-3H3,(H,22,23). The van der Waals surface area contributed by atoms with Crippen molar-refractivity contribution in [3.63, 3.8) is 0 Å². The molecule has 0 amide bonds. The number of benzene rings is 2. The molecule has 3 rings (SSSR count). The van der Waals surface area contributed by atoms with Crippen molar-refractivity contribution in [2.24, 2.45) is 0 Å². The summed E-state index contributed by atoms with van der Waals surface area (Å²) in [4.78, 5) is 11.2. The SMILES string of the molecule is COc1ccc(S(=O)(=O)N2CC(CCC(=O)O)c3cc(OC)c(OC)cc32)cc1. The van der Waals surface area contributed by atoms with Gasteiger partial charge in [0.2, 0.25) is 0 Å². The minimum atomic E-state index is -3.86. The van der Waals surface area contributed by atoms with Crippen LogP contribution in [0.25, 0.3) is 0 Å². The normalized spacial score (nSPS) is 15.7. The monoisotopic (exact) mass is 421 g/mol. The highest BCUT2D eigenvalue weighted by Crippen LogP contribution is 2.46. The first-order chi connectivity index (χ1) is 13.8. The molecule has 156 valence electrons. The zero-order chi connectivity index (χ0) is 21.2. The van der Waals surface area contributed by atoms with Crippen LogP contribution in [-0.2, 0) is 14.8 Å². The lowest BCUT2D eigenvalue weighted by Crippen LogP contribution is -2.30. The number of carboxylic acid groups (broad SMARTS) is 1. The molecule has 1 heterocycles. The molecule has 0 spiro atoms. The minimum absolute atomic E-state index is 0.0606. The predicted molar refractivity (Wildman–Crippen MR) is 107 cm³/mol. The molecule has 0 saturated heterocycles. The summed E-state index contributed by atoms with van der Waals surface area (Å²) in [5.74, 6) is 0.226. The van der Waals surface area contributed by atoms with Gasteiger partial charge in [0, 0.05) is 24.9 Å². The second-order valence-corrected chi connectivity index (χ2v) is 8.47. The predicted octanol–water partition coefficient (Wildman–Crippen LogP) is 2.87. The van der Waals surface area contributed by atoms with Gasteiger partial charge in [-0.3, -0.25) is 9.10 Å². The molecule has 1 aliphatic rings. The maximum Gasteiger partial charge on any atom is 0.303 e. The van der Waals surface area contributed by atoms with Gasteiger partial charge in [0.25, 0.3) is 10.0 Å². The van der Waals surface area contributed by atoms with Crippen molar-refractivity contribution in [2.75, 3.05) is 32.2 Å². The first-order valence-corrected chi connectivity index (χ1v) is 10.4. The van der Waals surface area contributed by atoms with Crippen molar-refractivity contribution >= 4 is 21.7 Å². The molecule has 8 nitrogen and oxygen atoms in total. The average molecular weight is 421 g/mol. The molecular weight excluding hydrogens is 398 g/mol. The second kappa shape index (κ2) is 8.20. The summed E-state index contributed by atoms with van der Waals surface area (Å²) in [5, 5.41) is 9.07. The molecule has 1 atom stereocenters. The molecule has 0 saturated carbocycles. The minimum Gasteiger partial charge on any atom is -0.497 e. The molecule has 0 bridgehead atoms. The number of carbonyl (C=O) groups is 1. The van der Waals surface area contributed by atoms with Crippen LogP contribution in [-0.4, -0.2) is 47.4 Å². The molecule has 2 aromatic carbocycles. The Balaban J connectivity index is 2.07. The van der Waals surface area contributed by atoms with Gasteiger partial charge in [0.1, 0.15) is 5.75 Å². The third-order valence-corrected chi connectivity index (χ3v) is 6.78. The number of anilines is 1. The summed E-state index contributed by atoms with van der Waals surface area (Å²) in [6.45, 7) is 0.146. The number of carboxylic acids is 1. The molecular formula is C20H23NO7S. The number of aliphatic carboxylic acids is 1. The van der Waals surface area contributed by atoms with E-state index in [4.69, 9.17) is 19.3 Å². The highest BCUT2D eigenvalue weighted by Gasteiger charge is 2.38. The summed E-state index contributed by atoms with van der Waals surface area (Å²) in [6.07, 6.45) is 0.251. The number of hydrogen-bond donors (Lipinski definition) is 1. The Morgan fingerprint density at radius 3 is 2.24 bits per heavy atom. The Hall–Kier alpha value is -2.94. The largest absolute Gasteiger partial charge is 0.497 e. The second-order valence-electron chi connectivity index (χ2n) is 6.61. The molecule has 0 radical (unpaired) electrons. The third-order valence-electron chi connectivity index (χ3n) is 4.98. The number of nitrogens with zero attached hydrogens (tertiary/aromatic N) is 1. The zero-order valence-corrected chi connectivity index (χ0v) is 17.2. The van der Waals surface area contributed by atoms with Gasteiger partial charge in [-0.1, -0.05) is 0 Å².